The van der Waals surface area contributed by atoms with E-state index in [1.807, 2.05) is 6.92 Å². The molecule has 1 aromatic carbocycles. The first-order chi connectivity index (χ1) is 8.84. The minimum atomic E-state index is -3.69. The molecule has 0 saturated carbocycles. The van der Waals surface area contributed by atoms with E-state index in [0.717, 1.165) is 12.1 Å². The lowest BCUT2D eigenvalue weighted by atomic mass is 10.2. The SMILES string of the molecule is CC1OCCC1N(C)S(=O)(=O)c1ccc(F)c(N)c1. The summed E-state index contributed by atoms with van der Waals surface area (Å²) in [4.78, 5) is -0.00648. The third kappa shape index (κ3) is 2.58. The Labute approximate surface area is 112 Å². The number of anilines is 1. The number of halogens is 1. The molecule has 0 amide bonds. The highest BCUT2D eigenvalue weighted by Gasteiger charge is 2.35. The van der Waals surface area contributed by atoms with Gasteiger partial charge in [0.05, 0.1) is 22.7 Å². The van der Waals surface area contributed by atoms with Crippen LogP contribution in [0, 0.1) is 5.82 Å². The number of nitrogens with two attached hydrogens (primary N) is 1. The van der Waals surface area contributed by atoms with Gasteiger partial charge in [0.15, 0.2) is 0 Å². The lowest BCUT2D eigenvalue weighted by Crippen LogP contribution is -2.40. The van der Waals surface area contributed by atoms with Crippen LogP contribution >= 0.6 is 0 Å². The Morgan fingerprint density at radius 1 is 1.47 bits per heavy atom. The number of benzene rings is 1. The minimum absolute atomic E-state index is 0.00648. The molecule has 5 nitrogen and oxygen atoms in total. The van der Waals surface area contributed by atoms with Crippen LogP contribution in [-0.2, 0) is 14.8 Å². The van der Waals surface area contributed by atoms with E-state index in [9.17, 15) is 12.8 Å². The van der Waals surface area contributed by atoms with Gasteiger partial charge in [0.1, 0.15) is 5.82 Å². The van der Waals surface area contributed by atoms with Crippen molar-refractivity contribution >= 4 is 15.7 Å². The summed E-state index contributed by atoms with van der Waals surface area (Å²) >= 11 is 0. The Morgan fingerprint density at radius 2 is 2.16 bits per heavy atom. The van der Waals surface area contributed by atoms with Crippen molar-refractivity contribution in [3.8, 4) is 0 Å². The summed E-state index contributed by atoms with van der Waals surface area (Å²) in [6, 6.07) is 3.21. The van der Waals surface area contributed by atoms with Gasteiger partial charge in [0.2, 0.25) is 10.0 Å². The Bertz CT molecular complexity index is 576. The molecule has 1 aliphatic heterocycles. The molecule has 0 radical (unpaired) electrons. The zero-order valence-electron chi connectivity index (χ0n) is 10.8. The van der Waals surface area contributed by atoms with E-state index < -0.39 is 15.8 Å². The van der Waals surface area contributed by atoms with Crippen LogP contribution in [0.3, 0.4) is 0 Å². The molecule has 0 spiro atoms. The van der Waals surface area contributed by atoms with Crippen LogP contribution in [0.15, 0.2) is 23.1 Å². The molecule has 19 heavy (non-hydrogen) atoms. The van der Waals surface area contributed by atoms with Crippen LogP contribution in [0.25, 0.3) is 0 Å². The van der Waals surface area contributed by atoms with Crippen LogP contribution in [0.2, 0.25) is 0 Å². The number of nitrogens with zero attached hydrogens (tertiary/aromatic N) is 1. The van der Waals surface area contributed by atoms with Crippen LogP contribution in [-0.4, -0.2) is 38.5 Å². The molecule has 0 bridgehead atoms. The first-order valence-corrected chi connectivity index (χ1v) is 7.42. The fourth-order valence-electron chi connectivity index (χ4n) is 2.22. The van der Waals surface area contributed by atoms with Gasteiger partial charge in [-0.05, 0) is 31.5 Å². The Balaban J connectivity index is 2.33. The van der Waals surface area contributed by atoms with Gasteiger partial charge in [0.25, 0.3) is 0 Å². The van der Waals surface area contributed by atoms with Crippen molar-refractivity contribution in [2.45, 2.75) is 30.4 Å². The van der Waals surface area contributed by atoms with Gasteiger partial charge in [-0.2, -0.15) is 4.31 Å². The first kappa shape index (κ1) is 14.2. The smallest absolute Gasteiger partial charge is 0.243 e. The predicted octanol–water partition coefficient (Wildman–Crippen LogP) is 1.21. The van der Waals surface area contributed by atoms with Crippen LogP contribution in [0.1, 0.15) is 13.3 Å². The maximum Gasteiger partial charge on any atom is 0.243 e. The molecule has 1 aliphatic rings. The van der Waals surface area contributed by atoms with Gasteiger partial charge in [-0.3, -0.25) is 0 Å². The summed E-state index contributed by atoms with van der Waals surface area (Å²) < 4.78 is 44.6. The zero-order valence-corrected chi connectivity index (χ0v) is 11.7. The van der Waals surface area contributed by atoms with Gasteiger partial charge in [0, 0.05) is 13.7 Å². The number of hydrogen-bond donors (Lipinski definition) is 1. The van der Waals surface area contributed by atoms with Crippen molar-refractivity contribution in [1.82, 2.24) is 4.31 Å². The number of likely N-dealkylation sites (N-methyl/N-ethyl adjacent to an activating group) is 1. The molecule has 2 rings (SSSR count). The maximum absolute atomic E-state index is 13.1. The summed E-state index contributed by atoms with van der Waals surface area (Å²) in [6.45, 7) is 2.37. The number of rotatable bonds is 3. The van der Waals surface area contributed by atoms with Crippen molar-refractivity contribution < 1.29 is 17.5 Å². The van der Waals surface area contributed by atoms with E-state index in [2.05, 4.69) is 0 Å². The summed E-state index contributed by atoms with van der Waals surface area (Å²) in [7, 11) is -2.18. The highest BCUT2D eigenvalue weighted by Crippen LogP contribution is 2.26. The molecule has 0 aliphatic carbocycles. The first-order valence-electron chi connectivity index (χ1n) is 5.98. The second-order valence-electron chi connectivity index (χ2n) is 4.64. The van der Waals surface area contributed by atoms with Gasteiger partial charge >= 0.3 is 0 Å². The largest absolute Gasteiger partial charge is 0.396 e. The molecule has 1 aromatic rings. The van der Waals surface area contributed by atoms with E-state index in [0.29, 0.717) is 13.0 Å². The standard InChI is InChI=1S/C12H17FN2O3S/c1-8-12(5-6-18-8)15(2)19(16,17)9-3-4-10(13)11(14)7-9/h3-4,7-8,12H,5-6,14H2,1-2H3. The van der Waals surface area contributed by atoms with E-state index in [4.69, 9.17) is 10.5 Å². The molecule has 106 valence electrons. The average Bonchev–Trinajstić information content (AvgIpc) is 2.77. The van der Waals surface area contributed by atoms with Gasteiger partial charge in [-0.15, -0.1) is 0 Å². The zero-order chi connectivity index (χ0) is 14.2. The number of sulfonamides is 1. The normalized spacial score (nSPS) is 24.0. The van der Waals surface area contributed by atoms with Crippen molar-refractivity contribution in [3.63, 3.8) is 0 Å². The summed E-state index contributed by atoms with van der Waals surface area (Å²) in [5.74, 6) is -0.626. The molecule has 1 saturated heterocycles. The predicted molar refractivity (Wildman–Crippen MR) is 69.6 cm³/mol. The van der Waals surface area contributed by atoms with Gasteiger partial charge < -0.3 is 10.5 Å². The monoisotopic (exact) mass is 288 g/mol. The highest BCUT2D eigenvalue weighted by molar-refractivity contribution is 7.89. The van der Waals surface area contributed by atoms with Gasteiger partial charge in [-0.25, -0.2) is 12.8 Å². The van der Waals surface area contributed by atoms with Crippen molar-refractivity contribution in [3.05, 3.63) is 24.0 Å². The molecule has 2 unspecified atom stereocenters. The van der Waals surface area contributed by atoms with E-state index in [-0.39, 0.29) is 22.7 Å². The summed E-state index contributed by atoms with van der Waals surface area (Å²) in [6.07, 6.45) is 0.491. The summed E-state index contributed by atoms with van der Waals surface area (Å²) in [5.41, 5.74) is 5.24. The topological polar surface area (TPSA) is 72.6 Å². The second kappa shape index (κ2) is 5.07. The van der Waals surface area contributed by atoms with Crippen LogP contribution in [0.5, 0.6) is 0 Å². The summed E-state index contributed by atoms with van der Waals surface area (Å²) in [5, 5.41) is 0. The average molecular weight is 288 g/mol. The van der Waals surface area contributed by atoms with Crippen LogP contribution < -0.4 is 5.73 Å². The number of hydrogen-bond acceptors (Lipinski definition) is 4. The second-order valence-corrected chi connectivity index (χ2v) is 6.63. The molecular formula is C12H17FN2O3S. The van der Waals surface area contributed by atoms with E-state index in [1.54, 1.807) is 0 Å². The van der Waals surface area contributed by atoms with E-state index in [1.165, 1.54) is 17.4 Å². The fourth-order valence-corrected chi connectivity index (χ4v) is 3.71. The van der Waals surface area contributed by atoms with Crippen molar-refractivity contribution in [2.24, 2.45) is 0 Å². The molecular weight excluding hydrogens is 271 g/mol. The fraction of sp³-hybridized carbons (Fsp3) is 0.500. The molecule has 2 N–H and O–H groups in total. The molecule has 2 atom stereocenters. The van der Waals surface area contributed by atoms with E-state index >= 15 is 0 Å². The third-order valence-corrected chi connectivity index (χ3v) is 5.33. The Hall–Kier alpha value is -1.18. The van der Waals surface area contributed by atoms with Crippen molar-refractivity contribution in [1.29, 1.82) is 0 Å². The number of ether oxygens (including phenoxy) is 1. The third-order valence-electron chi connectivity index (χ3n) is 3.45. The Morgan fingerprint density at radius 3 is 2.68 bits per heavy atom. The lowest BCUT2D eigenvalue weighted by Gasteiger charge is -2.26. The Kier molecular flexibility index (Phi) is 3.80. The maximum atomic E-state index is 13.1. The van der Waals surface area contributed by atoms with Crippen molar-refractivity contribution in [2.75, 3.05) is 19.4 Å². The molecule has 1 heterocycles. The lowest BCUT2D eigenvalue weighted by molar-refractivity contribution is 0.102. The highest BCUT2D eigenvalue weighted by atomic mass is 32.2. The molecule has 7 heteroatoms. The quantitative estimate of drug-likeness (QED) is 0.848. The molecule has 1 fully saturated rings. The number of nitrogen functional groups attached to an aromatic ring is 1. The van der Waals surface area contributed by atoms with Gasteiger partial charge in [-0.1, -0.05) is 0 Å². The minimum Gasteiger partial charge on any atom is -0.396 e. The van der Waals surface area contributed by atoms with Crippen LogP contribution in [0.4, 0.5) is 10.1 Å². The molecule has 0 aromatic heterocycles.